The first kappa shape index (κ1) is 13.3. The summed E-state index contributed by atoms with van der Waals surface area (Å²) in [5, 5.41) is 4.35. The summed E-state index contributed by atoms with van der Waals surface area (Å²) < 4.78 is 5.56. The lowest BCUT2D eigenvalue weighted by Gasteiger charge is -2.17. The summed E-state index contributed by atoms with van der Waals surface area (Å²) in [7, 11) is 0. The number of benzene rings is 1. The second-order valence-corrected chi connectivity index (χ2v) is 5.30. The fraction of sp³-hybridized carbons (Fsp3) is 0.312. The van der Waals surface area contributed by atoms with Gasteiger partial charge in [-0.1, -0.05) is 17.7 Å². The Hall–Kier alpha value is -1.74. The summed E-state index contributed by atoms with van der Waals surface area (Å²) in [4.78, 5) is 4.27. The highest BCUT2D eigenvalue weighted by atomic mass is 35.5. The molecule has 0 spiro atoms. The fourth-order valence-electron chi connectivity index (χ4n) is 2.68. The summed E-state index contributed by atoms with van der Waals surface area (Å²) in [6, 6.07) is 10.3. The zero-order valence-corrected chi connectivity index (χ0v) is 12.2. The summed E-state index contributed by atoms with van der Waals surface area (Å²) in [6.45, 7) is 2.58. The lowest BCUT2D eigenvalue weighted by molar-refractivity contribution is 0.328. The molecule has 0 aliphatic heterocycles. The van der Waals surface area contributed by atoms with Crippen LogP contribution < -0.4 is 10.1 Å². The van der Waals surface area contributed by atoms with Crippen molar-refractivity contribution in [3.8, 4) is 5.88 Å². The summed E-state index contributed by atoms with van der Waals surface area (Å²) in [5.41, 5.74) is 3.60. The van der Waals surface area contributed by atoms with Crippen molar-refractivity contribution in [2.75, 3.05) is 11.9 Å². The van der Waals surface area contributed by atoms with E-state index in [2.05, 4.69) is 22.4 Å². The number of nitrogens with zero attached hydrogens (tertiary/aromatic N) is 1. The number of rotatable bonds is 4. The van der Waals surface area contributed by atoms with Gasteiger partial charge >= 0.3 is 0 Å². The number of nitrogens with one attached hydrogen (secondary N) is 1. The van der Waals surface area contributed by atoms with Gasteiger partial charge < -0.3 is 10.1 Å². The van der Waals surface area contributed by atoms with Crippen molar-refractivity contribution < 1.29 is 4.74 Å². The lowest BCUT2D eigenvalue weighted by atomic mass is 10.1. The van der Waals surface area contributed by atoms with Crippen LogP contribution in [0.2, 0.25) is 5.02 Å². The number of halogens is 1. The number of hydrogen-bond donors (Lipinski definition) is 1. The SMILES string of the molecule is CCOc1ncccc1NC1CCc2cc(Cl)ccc21. The molecule has 104 valence electrons. The van der Waals surface area contributed by atoms with Crippen LogP contribution in [0.3, 0.4) is 0 Å². The second-order valence-electron chi connectivity index (χ2n) is 4.87. The van der Waals surface area contributed by atoms with Crippen molar-refractivity contribution in [2.45, 2.75) is 25.8 Å². The van der Waals surface area contributed by atoms with Crippen LogP contribution in [-0.2, 0) is 6.42 Å². The van der Waals surface area contributed by atoms with Crippen LogP contribution in [0.4, 0.5) is 5.69 Å². The molecule has 4 heteroatoms. The molecule has 3 nitrogen and oxygen atoms in total. The third-order valence-electron chi connectivity index (χ3n) is 3.56. The average molecular weight is 289 g/mol. The topological polar surface area (TPSA) is 34.1 Å². The van der Waals surface area contributed by atoms with Gasteiger partial charge in [0.15, 0.2) is 0 Å². The largest absolute Gasteiger partial charge is 0.476 e. The first-order chi connectivity index (χ1) is 9.78. The second kappa shape index (κ2) is 5.71. The summed E-state index contributed by atoms with van der Waals surface area (Å²) in [6.07, 6.45) is 3.87. The predicted molar refractivity (Wildman–Crippen MR) is 81.5 cm³/mol. The minimum atomic E-state index is 0.297. The normalized spacial score (nSPS) is 16.8. The molecule has 1 heterocycles. The van der Waals surface area contributed by atoms with Crippen LogP contribution in [0.5, 0.6) is 5.88 Å². The molecule has 0 bridgehead atoms. The van der Waals surface area contributed by atoms with Gasteiger partial charge in [0, 0.05) is 11.2 Å². The smallest absolute Gasteiger partial charge is 0.237 e. The molecule has 1 atom stereocenters. The number of hydrogen-bond acceptors (Lipinski definition) is 3. The van der Waals surface area contributed by atoms with Crippen LogP contribution in [0, 0.1) is 0 Å². The molecular formula is C16H17ClN2O. The van der Waals surface area contributed by atoms with Crippen molar-refractivity contribution in [3.05, 3.63) is 52.7 Å². The van der Waals surface area contributed by atoms with E-state index in [-0.39, 0.29) is 0 Å². The Kier molecular flexibility index (Phi) is 3.79. The molecule has 3 rings (SSSR count). The average Bonchev–Trinajstić information content (AvgIpc) is 2.83. The van der Waals surface area contributed by atoms with E-state index in [0.717, 1.165) is 23.6 Å². The Morgan fingerprint density at radius 1 is 1.40 bits per heavy atom. The fourth-order valence-corrected chi connectivity index (χ4v) is 2.87. The molecule has 0 saturated heterocycles. The van der Waals surface area contributed by atoms with E-state index in [0.29, 0.717) is 18.5 Å². The number of aryl methyl sites for hydroxylation is 1. The standard InChI is InChI=1S/C16H17ClN2O/c1-2-20-16-15(4-3-9-18-16)19-14-8-5-11-10-12(17)6-7-13(11)14/h3-4,6-7,9-10,14,19H,2,5,8H2,1H3. The maximum atomic E-state index is 6.05. The number of anilines is 1. The number of fused-ring (bicyclic) bond motifs is 1. The van der Waals surface area contributed by atoms with E-state index in [1.54, 1.807) is 6.20 Å². The van der Waals surface area contributed by atoms with E-state index < -0.39 is 0 Å². The molecular weight excluding hydrogens is 272 g/mol. The minimum absolute atomic E-state index is 0.297. The van der Waals surface area contributed by atoms with Crippen molar-refractivity contribution in [2.24, 2.45) is 0 Å². The molecule has 1 aliphatic carbocycles. The van der Waals surface area contributed by atoms with Crippen LogP contribution in [0.1, 0.15) is 30.5 Å². The van der Waals surface area contributed by atoms with Crippen LogP contribution in [0.25, 0.3) is 0 Å². The Morgan fingerprint density at radius 3 is 3.15 bits per heavy atom. The lowest BCUT2D eigenvalue weighted by Crippen LogP contribution is -2.09. The first-order valence-corrected chi connectivity index (χ1v) is 7.28. The highest BCUT2D eigenvalue weighted by molar-refractivity contribution is 6.30. The number of pyridine rings is 1. The molecule has 0 amide bonds. The van der Waals surface area contributed by atoms with Crippen LogP contribution in [-0.4, -0.2) is 11.6 Å². The maximum absolute atomic E-state index is 6.05. The van der Waals surface area contributed by atoms with Gasteiger partial charge in [0.2, 0.25) is 5.88 Å². The van der Waals surface area contributed by atoms with Crippen molar-refractivity contribution in [1.82, 2.24) is 4.98 Å². The molecule has 0 fully saturated rings. The predicted octanol–water partition coefficient (Wildman–Crippen LogP) is 4.23. The zero-order valence-electron chi connectivity index (χ0n) is 11.4. The zero-order chi connectivity index (χ0) is 13.9. The Balaban J connectivity index is 1.84. The van der Waals surface area contributed by atoms with Gasteiger partial charge in [0.25, 0.3) is 0 Å². The summed E-state index contributed by atoms with van der Waals surface area (Å²) >= 11 is 6.05. The van der Waals surface area contributed by atoms with Crippen LogP contribution >= 0.6 is 11.6 Å². The Labute approximate surface area is 123 Å². The Bertz CT molecular complexity index is 615. The quantitative estimate of drug-likeness (QED) is 0.914. The van der Waals surface area contributed by atoms with Crippen molar-refractivity contribution in [1.29, 1.82) is 0 Å². The molecule has 0 saturated carbocycles. The monoisotopic (exact) mass is 288 g/mol. The molecule has 1 aliphatic rings. The Morgan fingerprint density at radius 2 is 2.30 bits per heavy atom. The first-order valence-electron chi connectivity index (χ1n) is 6.90. The maximum Gasteiger partial charge on any atom is 0.237 e. The molecule has 1 N–H and O–H groups in total. The molecule has 0 radical (unpaired) electrons. The van der Waals surface area contributed by atoms with E-state index in [4.69, 9.17) is 16.3 Å². The molecule has 2 aromatic rings. The highest BCUT2D eigenvalue weighted by Gasteiger charge is 2.23. The molecule has 1 aromatic heterocycles. The van der Waals surface area contributed by atoms with Gasteiger partial charge in [-0.2, -0.15) is 0 Å². The van der Waals surface area contributed by atoms with Crippen molar-refractivity contribution >= 4 is 17.3 Å². The molecule has 20 heavy (non-hydrogen) atoms. The van der Waals surface area contributed by atoms with E-state index >= 15 is 0 Å². The van der Waals surface area contributed by atoms with Gasteiger partial charge in [-0.25, -0.2) is 4.98 Å². The van der Waals surface area contributed by atoms with Gasteiger partial charge in [0.1, 0.15) is 0 Å². The van der Waals surface area contributed by atoms with Crippen LogP contribution in [0.15, 0.2) is 36.5 Å². The highest BCUT2D eigenvalue weighted by Crippen LogP contribution is 2.36. The summed E-state index contributed by atoms with van der Waals surface area (Å²) in [5.74, 6) is 0.664. The van der Waals surface area contributed by atoms with E-state index in [1.807, 2.05) is 25.1 Å². The minimum Gasteiger partial charge on any atom is -0.476 e. The third-order valence-corrected chi connectivity index (χ3v) is 3.80. The molecule has 1 aromatic carbocycles. The van der Waals surface area contributed by atoms with Gasteiger partial charge in [0.05, 0.1) is 18.3 Å². The van der Waals surface area contributed by atoms with Gasteiger partial charge in [-0.05, 0) is 55.2 Å². The molecule has 1 unspecified atom stereocenters. The van der Waals surface area contributed by atoms with Gasteiger partial charge in [-0.15, -0.1) is 0 Å². The third kappa shape index (κ3) is 2.59. The van der Waals surface area contributed by atoms with Crippen molar-refractivity contribution in [3.63, 3.8) is 0 Å². The van der Waals surface area contributed by atoms with E-state index in [9.17, 15) is 0 Å². The van der Waals surface area contributed by atoms with E-state index in [1.165, 1.54) is 11.1 Å². The number of aromatic nitrogens is 1. The van der Waals surface area contributed by atoms with Gasteiger partial charge in [-0.3, -0.25) is 0 Å². The number of ether oxygens (including phenoxy) is 1.